The highest BCUT2D eigenvalue weighted by Gasteiger charge is 2.18. The SMILES string of the molecule is CCc1nn(CC)c(CC(N)c2cnccn2)c1Cl. The highest BCUT2D eigenvalue weighted by molar-refractivity contribution is 6.31. The molecule has 19 heavy (non-hydrogen) atoms. The number of nitrogens with zero attached hydrogens (tertiary/aromatic N) is 4. The second kappa shape index (κ2) is 6.12. The Morgan fingerprint density at radius 2 is 2.16 bits per heavy atom. The van der Waals surface area contributed by atoms with Crippen molar-refractivity contribution in [2.24, 2.45) is 5.73 Å². The van der Waals surface area contributed by atoms with Crippen molar-refractivity contribution in [3.8, 4) is 0 Å². The summed E-state index contributed by atoms with van der Waals surface area (Å²) in [6.07, 6.45) is 6.39. The zero-order valence-corrected chi connectivity index (χ0v) is 11.9. The predicted octanol–water partition coefficient (Wildman–Crippen LogP) is 2.15. The molecule has 5 nitrogen and oxygen atoms in total. The van der Waals surface area contributed by atoms with E-state index in [-0.39, 0.29) is 6.04 Å². The Hall–Kier alpha value is -1.46. The first-order valence-electron chi connectivity index (χ1n) is 6.42. The van der Waals surface area contributed by atoms with Crippen LogP contribution in [0.3, 0.4) is 0 Å². The van der Waals surface area contributed by atoms with Gasteiger partial charge in [0.05, 0.1) is 28.1 Å². The fourth-order valence-corrected chi connectivity index (χ4v) is 2.37. The van der Waals surface area contributed by atoms with Gasteiger partial charge in [0.1, 0.15) is 0 Å². The Bertz CT molecular complexity index is 537. The quantitative estimate of drug-likeness (QED) is 0.910. The zero-order chi connectivity index (χ0) is 13.8. The number of nitrogens with two attached hydrogens (primary N) is 1. The van der Waals surface area contributed by atoms with Gasteiger partial charge in [0.2, 0.25) is 0 Å². The average molecular weight is 280 g/mol. The van der Waals surface area contributed by atoms with Gasteiger partial charge in [-0.25, -0.2) is 0 Å². The van der Waals surface area contributed by atoms with Crippen molar-refractivity contribution < 1.29 is 0 Å². The van der Waals surface area contributed by atoms with E-state index >= 15 is 0 Å². The number of hydrogen-bond acceptors (Lipinski definition) is 4. The molecule has 1 unspecified atom stereocenters. The van der Waals surface area contributed by atoms with Gasteiger partial charge >= 0.3 is 0 Å². The highest BCUT2D eigenvalue weighted by atomic mass is 35.5. The fraction of sp³-hybridized carbons (Fsp3) is 0.462. The summed E-state index contributed by atoms with van der Waals surface area (Å²) in [5, 5.41) is 5.21. The van der Waals surface area contributed by atoms with E-state index in [0.717, 1.165) is 35.1 Å². The maximum atomic E-state index is 6.37. The van der Waals surface area contributed by atoms with Gasteiger partial charge in [0.15, 0.2) is 0 Å². The molecule has 0 amide bonds. The van der Waals surface area contributed by atoms with Gasteiger partial charge in [-0.1, -0.05) is 18.5 Å². The van der Waals surface area contributed by atoms with Gasteiger partial charge in [-0.3, -0.25) is 14.6 Å². The molecule has 2 rings (SSSR count). The predicted molar refractivity (Wildman–Crippen MR) is 75.0 cm³/mol. The number of rotatable bonds is 5. The Morgan fingerprint density at radius 1 is 1.37 bits per heavy atom. The molecule has 2 aromatic heterocycles. The molecule has 0 aliphatic rings. The van der Waals surface area contributed by atoms with Crippen LogP contribution in [0, 0.1) is 0 Å². The minimum absolute atomic E-state index is 0.224. The summed E-state index contributed by atoms with van der Waals surface area (Å²) in [6.45, 7) is 4.86. The highest BCUT2D eigenvalue weighted by Crippen LogP contribution is 2.25. The molecule has 0 bridgehead atoms. The van der Waals surface area contributed by atoms with E-state index in [2.05, 4.69) is 15.1 Å². The summed E-state index contributed by atoms with van der Waals surface area (Å²) in [5.41, 5.74) is 8.82. The molecule has 0 aliphatic carbocycles. The van der Waals surface area contributed by atoms with Gasteiger partial charge in [-0.15, -0.1) is 0 Å². The van der Waals surface area contributed by atoms with Crippen LogP contribution in [0.2, 0.25) is 5.02 Å². The maximum absolute atomic E-state index is 6.37. The Kier molecular flexibility index (Phi) is 4.50. The molecule has 6 heteroatoms. The molecule has 2 aromatic rings. The smallest absolute Gasteiger partial charge is 0.0850 e. The molecule has 0 saturated heterocycles. The minimum Gasteiger partial charge on any atom is -0.322 e. The van der Waals surface area contributed by atoms with Gasteiger partial charge < -0.3 is 5.73 Å². The Morgan fingerprint density at radius 3 is 2.74 bits per heavy atom. The molecule has 0 fully saturated rings. The minimum atomic E-state index is -0.224. The molecule has 2 heterocycles. The summed E-state index contributed by atoms with van der Waals surface area (Å²) in [6, 6.07) is -0.224. The van der Waals surface area contributed by atoms with Crippen molar-refractivity contribution in [2.45, 2.75) is 39.3 Å². The van der Waals surface area contributed by atoms with E-state index in [9.17, 15) is 0 Å². The van der Waals surface area contributed by atoms with Crippen molar-refractivity contribution in [3.05, 3.63) is 40.7 Å². The molecule has 0 saturated carbocycles. The second-order valence-electron chi connectivity index (χ2n) is 4.32. The van der Waals surface area contributed by atoms with E-state index in [1.54, 1.807) is 18.6 Å². The van der Waals surface area contributed by atoms with E-state index < -0.39 is 0 Å². The summed E-state index contributed by atoms with van der Waals surface area (Å²) in [4.78, 5) is 8.26. The van der Waals surface area contributed by atoms with Crippen LogP contribution in [0.15, 0.2) is 18.6 Å². The number of halogens is 1. The van der Waals surface area contributed by atoms with Crippen molar-refractivity contribution in [3.63, 3.8) is 0 Å². The lowest BCUT2D eigenvalue weighted by Gasteiger charge is -2.12. The lowest BCUT2D eigenvalue weighted by Crippen LogP contribution is -2.17. The van der Waals surface area contributed by atoms with E-state index in [1.807, 2.05) is 18.5 Å². The topological polar surface area (TPSA) is 69.6 Å². The third-order valence-corrected chi connectivity index (χ3v) is 3.51. The van der Waals surface area contributed by atoms with Crippen LogP contribution >= 0.6 is 11.6 Å². The zero-order valence-electron chi connectivity index (χ0n) is 11.2. The summed E-state index contributed by atoms with van der Waals surface area (Å²) in [5.74, 6) is 0. The number of hydrogen-bond donors (Lipinski definition) is 1. The van der Waals surface area contributed by atoms with Crippen molar-refractivity contribution >= 4 is 11.6 Å². The number of aromatic nitrogens is 4. The van der Waals surface area contributed by atoms with Crippen LogP contribution < -0.4 is 5.73 Å². The molecule has 102 valence electrons. The third-order valence-electron chi connectivity index (χ3n) is 3.07. The first kappa shape index (κ1) is 14.0. The fourth-order valence-electron chi connectivity index (χ4n) is 2.03. The first-order valence-corrected chi connectivity index (χ1v) is 6.80. The van der Waals surface area contributed by atoms with Crippen molar-refractivity contribution in [1.29, 1.82) is 0 Å². The third kappa shape index (κ3) is 2.93. The molecular weight excluding hydrogens is 262 g/mol. The second-order valence-corrected chi connectivity index (χ2v) is 4.70. The van der Waals surface area contributed by atoms with Gasteiger partial charge in [-0.2, -0.15) is 5.10 Å². The monoisotopic (exact) mass is 279 g/mol. The van der Waals surface area contributed by atoms with Crippen LogP contribution in [-0.2, 0) is 19.4 Å². The van der Waals surface area contributed by atoms with Crippen LogP contribution in [0.1, 0.15) is 37.0 Å². The largest absolute Gasteiger partial charge is 0.322 e. The molecule has 2 N–H and O–H groups in total. The van der Waals surface area contributed by atoms with E-state index in [1.165, 1.54) is 0 Å². The summed E-state index contributed by atoms with van der Waals surface area (Å²) < 4.78 is 1.91. The molecule has 0 radical (unpaired) electrons. The van der Waals surface area contributed by atoms with Crippen molar-refractivity contribution in [1.82, 2.24) is 19.7 Å². The standard InChI is InChI=1S/C13H18ClN5/c1-3-10-13(14)12(19(4-2)18-10)7-9(15)11-8-16-5-6-17-11/h5-6,8-9H,3-4,7,15H2,1-2H3. The van der Waals surface area contributed by atoms with Gasteiger partial charge in [-0.05, 0) is 13.3 Å². The molecule has 0 spiro atoms. The number of aryl methyl sites for hydroxylation is 2. The van der Waals surface area contributed by atoms with E-state index in [0.29, 0.717) is 6.42 Å². The lowest BCUT2D eigenvalue weighted by atomic mass is 10.1. The summed E-state index contributed by atoms with van der Waals surface area (Å²) in [7, 11) is 0. The normalized spacial score (nSPS) is 12.6. The molecule has 0 aliphatic heterocycles. The van der Waals surface area contributed by atoms with Crippen LogP contribution in [0.5, 0.6) is 0 Å². The maximum Gasteiger partial charge on any atom is 0.0850 e. The van der Waals surface area contributed by atoms with E-state index in [4.69, 9.17) is 17.3 Å². The Labute approximate surface area is 117 Å². The average Bonchev–Trinajstić information content (AvgIpc) is 2.76. The molecule has 0 aromatic carbocycles. The molecular formula is C13H18ClN5. The van der Waals surface area contributed by atoms with Crippen LogP contribution in [-0.4, -0.2) is 19.7 Å². The van der Waals surface area contributed by atoms with Crippen LogP contribution in [0.4, 0.5) is 0 Å². The van der Waals surface area contributed by atoms with Gasteiger partial charge in [0, 0.05) is 31.6 Å². The summed E-state index contributed by atoms with van der Waals surface area (Å²) >= 11 is 6.37. The molecule has 1 atom stereocenters. The van der Waals surface area contributed by atoms with Crippen molar-refractivity contribution in [2.75, 3.05) is 0 Å². The Balaban J connectivity index is 2.26. The van der Waals surface area contributed by atoms with Crippen LogP contribution in [0.25, 0.3) is 0 Å². The first-order chi connectivity index (χ1) is 9.17. The van der Waals surface area contributed by atoms with Gasteiger partial charge in [0.25, 0.3) is 0 Å². The lowest BCUT2D eigenvalue weighted by molar-refractivity contribution is 0.579.